The Morgan fingerprint density at radius 1 is 1.33 bits per heavy atom. The fourth-order valence-electron chi connectivity index (χ4n) is 2.32. The molecule has 1 aromatic heterocycles. The van der Waals surface area contributed by atoms with E-state index < -0.39 is 0 Å². The average molecular weight is 266 g/mol. The molecule has 1 aliphatic rings. The van der Waals surface area contributed by atoms with Gasteiger partial charge in [0.05, 0.1) is 0 Å². The van der Waals surface area contributed by atoms with Crippen LogP contribution in [-0.2, 0) is 13.0 Å². The predicted octanol–water partition coefficient (Wildman–Crippen LogP) is 3.13. The lowest BCUT2D eigenvalue weighted by Crippen LogP contribution is -2.36. The number of rotatable bonds is 5. The van der Waals surface area contributed by atoms with Crippen LogP contribution in [0.15, 0.2) is 11.4 Å². The van der Waals surface area contributed by atoms with Gasteiger partial charge in [-0.1, -0.05) is 20.8 Å². The average Bonchev–Trinajstić information content (AvgIpc) is 2.74. The Bertz CT molecular complexity index is 365. The molecule has 102 valence electrons. The van der Waals surface area contributed by atoms with Gasteiger partial charge in [-0.05, 0) is 41.8 Å². The minimum atomic E-state index is 0.448. The van der Waals surface area contributed by atoms with Crippen molar-refractivity contribution in [3.63, 3.8) is 0 Å². The van der Waals surface area contributed by atoms with Crippen LogP contribution in [-0.4, -0.2) is 31.1 Å². The van der Waals surface area contributed by atoms with Gasteiger partial charge in [0.2, 0.25) is 0 Å². The summed E-state index contributed by atoms with van der Waals surface area (Å²) >= 11 is 1.92. The van der Waals surface area contributed by atoms with Gasteiger partial charge < -0.3 is 5.32 Å². The molecular weight excluding hydrogens is 240 g/mol. The molecule has 0 amide bonds. The molecule has 3 heteroatoms. The number of nitrogens with zero attached hydrogens (tertiary/aromatic N) is 1. The third kappa shape index (κ3) is 4.38. The zero-order chi connectivity index (χ0) is 13.0. The number of hydrogen-bond donors (Lipinski definition) is 1. The van der Waals surface area contributed by atoms with Crippen molar-refractivity contribution < 1.29 is 0 Å². The van der Waals surface area contributed by atoms with E-state index in [0.717, 1.165) is 19.6 Å². The summed E-state index contributed by atoms with van der Waals surface area (Å²) in [4.78, 5) is 4.17. The van der Waals surface area contributed by atoms with Crippen molar-refractivity contribution >= 4 is 11.3 Å². The van der Waals surface area contributed by atoms with Gasteiger partial charge in [0.15, 0.2) is 0 Å². The lowest BCUT2D eigenvalue weighted by molar-refractivity contribution is 0.253. The quantitative estimate of drug-likeness (QED) is 0.824. The minimum Gasteiger partial charge on any atom is -0.315 e. The van der Waals surface area contributed by atoms with Gasteiger partial charge in [0.1, 0.15) is 0 Å². The Morgan fingerprint density at radius 2 is 2.17 bits per heavy atom. The Morgan fingerprint density at radius 3 is 2.94 bits per heavy atom. The van der Waals surface area contributed by atoms with Gasteiger partial charge in [-0.3, -0.25) is 4.90 Å². The normalized spacial score (nSPS) is 16.8. The maximum atomic E-state index is 3.57. The zero-order valence-electron chi connectivity index (χ0n) is 12.0. The van der Waals surface area contributed by atoms with Gasteiger partial charge in [-0.2, -0.15) is 0 Å². The monoisotopic (exact) mass is 266 g/mol. The molecule has 0 fully saturated rings. The molecule has 0 aliphatic carbocycles. The van der Waals surface area contributed by atoms with Crippen molar-refractivity contribution in [3.8, 4) is 0 Å². The van der Waals surface area contributed by atoms with Crippen LogP contribution in [0.5, 0.6) is 0 Å². The Hall–Kier alpha value is -0.380. The Balaban J connectivity index is 1.61. The van der Waals surface area contributed by atoms with E-state index in [9.17, 15) is 0 Å². The van der Waals surface area contributed by atoms with Crippen LogP contribution >= 0.6 is 11.3 Å². The topological polar surface area (TPSA) is 15.3 Å². The summed E-state index contributed by atoms with van der Waals surface area (Å²) in [6.07, 6.45) is 2.50. The molecule has 1 aromatic rings. The van der Waals surface area contributed by atoms with Crippen LogP contribution < -0.4 is 5.32 Å². The molecular formula is C15H26N2S. The van der Waals surface area contributed by atoms with Crippen molar-refractivity contribution in [3.05, 3.63) is 21.9 Å². The number of hydrogen-bond acceptors (Lipinski definition) is 3. The van der Waals surface area contributed by atoms with Gasteiger partial charge in [-0.15, -0.1) is 11.3 Å². The second-order valence-electron chi connectivity index (χ2n) is 6.46. The Labute approximate surface area is 115 Å². The molecule has 1 N–H and O–H groups in total. The molecule has 2 rings (SSSR count). The first-order chi connectivity index (χ1) is 8.54. The van der Waals surface area contributed by atoms with Gasteiger partial charge in [0, 0.05) is 31.1 Å². The molecule has 0 radical (unpaired) electrons. The van der Waals surface area contributed by atoms with E-state index in [-0.39, 0.29) is 0 Å². The van der Waals surface area contributed by atoms with E-state index in [0.29, 0.717) is 5.41 Å². The summed E-state index contributed by atoms with van der Waals surface area (Å²) in [5.41, 5.74) is 2.00. The fraction of sp³-hybridized carbons (Fsp3) is 0.733. The van der Waals surface area contributed by atoms with Gasteiger partial charge in [0.25, 0.3) is 0 Å². The van der Waals surface area contributed by atoms with Crippen LogP contribution in [0.2, 0.25) is 0 Å². The highest BCUT2D eigenvalue weighted by Crippen LogP contribution is 2.23. The Kier molecular flexibility index (Phi) is 4.82. The van der Waals surface area contributed by atoms with Gasteiger partial charge in [-0.25, -0.2) is 0 Å². The second kappa shape index (κ2) is 6.18. The molecule has 0 atom stereocenters. The molecule has 0 saturated carbocycles. The fourth-order valence-corrected chi connectivity index (χ4v) is 3.21. The van der Waals surface area contributed by atoms with Gasteiger partial charge >= 0.3 is 0 Å². The number of nitrogens with one attached hydrogen (secondary N) is 1. The van der Waals surface area contributed by atoms with Crippen molar-refractivity contribution in [2.45, 2.75) is 40.2 Å². The third-order valence-corrected chi connectivity index (χ3v) is 4.57. The molecule has 0 bridgehead atoms. The molecule has 2 heterocycles. The summed E-state index contributed by atoms with van der Waals surface area (Å²) in [7, 11) is 0. The standard InChI is InChI=1S/C15H26N2S/c1-15(2,3)6-7-16-8-10-17-9-4-14-13(12-17)5-11-18-14/h5,11,16H,4,6-10,12H2,1-3H3. The SMILES string of the molecule is CC(C)(C)CCNCCN1CCc2sccc2C1. The van der Waals surface area contributed by atoms with Crippen molar-refractivity contribution in [1.82, 2.24) is 10.2 Å². The minimum absolute atomic E-state index is 0.448. The van der Waals surface area contributed by atoms with E-state index >= 15 is 0 Å². The highest BCUT2D eigenvalue weighted by atomic mass is 32.1. The third-order valence-electron chi connectivity index (χ3n) is 3.54. The van der Waals surface area contributed by atoms with Crippen molar-refractivity contribution in [1.29, 1.82) is 0 Å². The lowest BCUT2D eigenvalue weighted by Gasteiger charge is -2.27. The molecule has 2 nitrogen and oxygen atoms in total. The van der Waals surface area contributed by atoms with Crippen LogP contribution in [0.1, 0.15) is 37.6 Å². The van der Waals surface area contributed by atoms with E-state index in [2.05, 4.69) is 42.4 Å². The van der Waals surface area contributed by atoms with Crippen molar-refractivity contribution in [2.75, 3.05) is 26.2 Å². The van der Waals surface area contributed by atoms with Crippen molar-refractivity contribution in [2.24, 2.45) is 5.41 Å². The number of thiophene rings is 1. The molecule has 0 unspecified atom stereocenters. The highest BCUT2D eigenvalue weighted by molar-refractivity contribution is 7.10. The summed E-state index contributed by atoms with van der Waals surface area (Å²) in [6, 6.07) is 2.29. The molecule has 0 spiro atoms. The van der Waals surface area contributed by atoms with E-state index in [1.807, 2.05) is 11.3 Å². The second-order valence-corrected chi connectivity index (χ2v) is 7.46. The van der Waals surface area contributed by atoms with E-state index in [4.69, 9.17) is 0 Å². The molecule has 0 saturated heterocycles. The van der Waals surface area contributed by atoms with Crippen LogP contribution in [0.3, 0.4) is 0 Å². The lowest BCUT2D eigenvalue weighted by atomic mass is 9.92. The van der Waals surface area contributed by atoms with E-state index in [1.165, 1.54) is 25.9 Å². The van der Waals surface area contributed by atoms with Crippen LogP contribution in [0.25, 0.3) is 0 Å². The maximum absolute atomic E-state index is 3.57. The first-order valence-corrected chi connectivity index (χ1v) is 7.91. The molecule has 0 aromatic carbocycles. The summed E-state index contributed by atoms with van der Waals surface area (Å²) < 4.78 is 0. The smallest absolute Gasteiger partial charge is 0.0245 e. The summed E-state index contributed by atoms with van der Waals surface area (Å²) in [6.45, 7) is 12.7. The predicted molar refractivity (Wildman–Crippen MR) is 80.2 cm³/mol. The maximum Gasteiger partial charge on any atom is 0.0245 e. The first kappa shape index (κ1) is 14.0. The summed E-state index contributed by atoms with van der Waals surface area (Å²) in [5, 5.41) is 5.80. The van der Waals surface area contributed by atoms with Crippen LogP contribution in [0.4, 0.5) is 0 Å². The first-order valence-electron chi connectivity index (χ1n) is 7.03. The summed E-state index contributed by atoms with van der Waals surface area (Å²) in [5.74, 6) is 0. The molecule has 1 aliphatic heterocycles. The number of fused-ring (bicyclic) bond motifs is 1. The highest BCUT2D eigenvalue weighted by Gasteiger charge is 2.16. The largest absolute Gasteiger partial charge is 0.315 e. The molecule has 18 heavy (non-hydrogen) atoms. The zero-order valence-corrected chi connectivity index (χ0v) is 12.8. The van der Waals surface area contributed by atoms with E-state index in [1.54, 1.807) is 10.4 Å². The van der Waals surface area contributed by atoms with Crippen LogP contribution in [0, 0.1) is 5.41 Å².